The van der Waals surface area contributed by atoms with Gasteiger partial charge in [-0.05, 0) is 24.6 Å². The van der Waals surface area contributed by atoms with E-state index >= 15 is 0 Å². The zero-order valence-electron chi connectivity index (χ0n) is 15.4. The third-order valence-electron chi connectivity index (χ3n) is 3.44. The molecule has 1 heterocycles. The smallest absolute Gasteiger partial charge is 0.316 e. The molecule has 0 saturated heterocycles. The summed E-state index contributed by atoms with van der Waals surface area (Å²) in [6.07, 6.45) is 0. The Morgan fingerprint density at radius 2 is 2.07 bits per heavy atom. The van der Waals surface area contributed by atoms with Crippen molar-refractivity contribution in [2.24, 2.45) is 0 Å². The number of nitrogens with one attached hydrogen (secondary N) is 1. The highest BCUT2D eigenvalue weighted by Gasteiger charge is 2.14. The summed E-state index contributed by atoms with van der Waals surface area (Å²) in [7, 11) is 1.53. The minimum absolute atomic E-state index is 0.0223. The van der Waals surface area contributed by atoms with Gasteiger partial charge in [-0.2, -0.15) is 0 Å². The van der Waals surface area contributed by atoms with Crippen molar-refractivity contribution >= 4 is 35.4 Å². The van der Waals surface area contributed by atoms with E-state index in [0.717, 1.165) is 11.8 Å². The number of halogens is 1. The van der Waals surface area contributed by atoms with Crippen molar-refractivity contribution in [3.8, 4) is 0 Å². The van der Waals surface area contributed by atoms with E-state index < -0.39 is 18.5 Å². The summed E-state index contributed by atoms with van der Waals surface area (Å²) >= 11 is 1.05. The number of aromatic nitrogens is 1. The molecule has 0 spiro atoms. The van der Waals surface area contributed by atoms with E-state index in [2.05, 4.69) is 10.5 Å². The fourth-order valence-corrected chi connectivity index (χ4v) is 2.73. The van der Waals surface area contributed by atoms with Gasteiger partial charge in [0.2, 0.25) is 5.91 Å². The Balaban J connectivity index is 1.63. The summed E-state index contributed by atoms with van der Waals surface area (Å²) in [5, 5.41) is 6.15. The normalized spacial score (nSPS) is 10.4. The van der Waals surface area contributed by atoms with Gasteiger partial charge in [0.15, 0.2) is 12.4 Å². The Kier molecular flexibility index (Phi) is 8.00. The fourth-order valence-electron chi connectivity index (χ4n) is 2.12. The predicted molar refractivity (Wildman–Crippen MR) is 101 cm³/mol. The molecule has 0 bridgehead atoms. The monoisotopic (exact) mass is 409 g/mol. The van der Waals surface area contributed by atoms with E-state index in [1.165, 1.54) is 24.1 Å². The van der Waals surface area contributed by atoms with Gasteiger partial charge in [-0.3, -0.25) is 14.4 Å². The highest BCUT2D eigenvalue weighted by atomic mass is 32.2. The standard InChI is InChI=1S/C18H20FN3O5S/c1-12-6-15(21-27-12)20-16(23)10-28-11-18(25)26-9-17(24)22(2)8-13-4-3-5-14(19)7-13/h3-7H,8-11H2,1-2H3,(H,20,21,23). The molecule has 0 aliphatic heterocycles. The molecule has 10 heteroatoms. The third kappa shape index (κ3) is 7.39. The molecule has 0 aliphatic rings. The molecule has 2 amide bonds. The summed E-state index contributed by atoms with van der Waals surface area (Å²) in [6.45, 7) is 1.48. The van der Waals surface area contributed by atoms with Crippen LogP contribution in [0.15, 0.2) is 34.9 Å². The second-order valence-corrected chi connectivity index (χ2v) is 6.89. The van der Waals surface area contributed by atoms with Crippen LogP contribution in [0.25, 0.3) is 0 Å². The van der Waals surface area contributed by atoms with Gasteiger partial charge in [0.05, 0.1) is 11.5 Å². The number of carbonyl (C=O) groups excluding carboxylic acids is 3. The third-order valence-corrected chi connectivity index (χ3v) is 4.35. The van der Waals surface area contributed by atoms with Crippen LogP contribution >= 0.6 is 11.8 Å². The lowest BCUT2D eigenvalue weighted by molar-refractivity contribution is -0.149. The first-order valence-electron chi connectivity index (χ1n) is 8.28. The van der Waals surface area contributed by atoms with Crippen LogP contribution in [0.3, 0.4) is 0 Å². The number of benzene rings is 1. The van der Waals surface area contributed by atoms with Crippen LogP contribution in [0.5, 0.6) is 0 Å². The molecule has 1 aromatic heterocycles. The van der Waals surface area contributed by atoms with Crippen molar-refractivity contribution < 1.29 is 28.0 Å². The molecule has 8 nitrogen and oxygen atoms in total. The summed E-state index contributed by atoms with van der Waals surface area (Å²) < 4.78 is 22.9. The second kappa shape index (κ2) is 10.5. The molecule has 0 fully saturated rings. The first-order valence-corrected chi connectivity index (χ1v) is 9.44. The summed E-state index contributed by atoms with van der Waals surface area (Å²) in [5.74, 6) is -0.928. The topological polar surface area (TPSA) is 102 Å². The van der Waals surface area contributed by atoms with Crippen LogP contribution < -0.4 is 5.32 Å². The zero-order chi connectivity index (χ0) is 20.5. The van der Waals surface area contributed by atoms with Gasteiger partial charge >= 0.3 is 5.97 Å². The first kappa shape index (κ1) is 21.4. The number of esters is 1. The molecule has 0 radical (unpaired) electrons. The van der Waals surface area contributed by atoms with Crippen LogP contribution in [0.2, 0.25) is 0 Å². The van der Waals surface area contributed by atoms with Gasteiger partial charge in [0, 0.05) is 19.7 Å². The summed E-state index contributed by atoms with van der Waals surface area (Å²) in [5.41, 5.74) is 0.631. The molecule has 0 saturated carbocycles. The quantitative estimate of drug-likeness (QED) is 0.632. The number of aryl methyl sites for hydroxylation is 1. The van der Waals surface area contributed by atoms with E-state index in [0.29, 0.717) is 17.1 Å². The molecule has 1 N–H and O–H groups in total. The van der Waals surface area contributed by atoms with E-state index in [9.17, 15) is 18.8 Å². The lowest BCUT2D eigenvalue weighted by atomic mass is 10.2. The van der Waals surface area contributed by atoms with Crippen LogP contribution in [0, 0.1) is 12.7 Å². The van der Waals surface area contributed by atoms with Gasteiger partial charge in [-0.1, -0.05) is 17.3 Å². The summed E-state index contributed by atoms with van der Waals surface area (Å²) in [6, 6.07) is 7.47. The molecule has 150 valence electrons. The van der Waals surface area contributed by atoms with Gasteiger partial charge in [-0.15, -0.1) is 11.8 Å². The lowest BCUT2D eigenvalue weighted by Crippen LogP contribution is -2.31. The SMILES string of the molecule is Cc1cc(NC(=O)CSCC(=O)OCC(=O)N(C)Cc2cccc(F)c2)no1. The van der Waals surface area contributed by atoms with E-state index in [1.807, 2.05) is 0 Å². The lowest BCUT2D eigenvalue weighted by Gasteiger charge is -2.17. The molecular weight excluding hydrogens is 389 g/mol. The Bertz CT molecular complexity index is 842. The molecule has 2 rings (SSSR count). The van der Waals surface area contributed by atoms with Crippen molar-refractivity contribution in [1.82, 2.24) is 10.1 Å². The largest absolute Gasteiger partial charge is 0.455 e. The average Bonchev–Trinajstić information content (AvgIpc) is 3.04. The van der Waals surface area contributed by atoms with Crippen LogP contribution in [-0.2, 0) is 25.7 Å². The number of rotatable bonds is 9. The van der Waals surface area contributed by atoms with E-state index in [1.54, 1.807) is 25.1 Å². The highest BCUT2D eigenvalue weighted by molar-refractivity contribution is 8.00. The second-order valence-electron chi connectivity index (χ2n) is 5.90. The Hall–Kier alpha value is -2.88. The predicted octanol–water partition coefficient (Wildman–Crippen LogP) is 2.00. The highest BCUT2D eigenvalue weighted by Crippen LogP contribution is 2.09. The minimum atomic E-state index is -0.609. The Morgan fingerprint density at radius 3 is 2.75 bits per heavy atom. The number of amides is 2. The minimum Gasteiger partial charge on any atom is -0.455 e. The maximum absolute atomic E-state index is 13.2. The van der Waals surface area contributed by atoms with Crippen LogP contribution in [0.1, 0.15) is 11.3 Å². The molecule has 28 heavy (non-hydrogen) atoms. The first-order chi connectivity index (χ1) is 13.3. The van der Waals surface area contributed by atoms with Crippen molar-refractivity contribution in [2.45, 2.75) is 13.5 Å². The number of hydrogen-bond acceptors (Lipinski definition) is 7. The number of likely N-dealkylation sites (N-methyl/N-ethyl adjacent to an activating group) is 1. The number of ether oxygens (including phenoxy) is 1. The maximum Gasteiger partial charge on any atom is 0.316 e. The van der Waals surface area contributed by atoms with Crippen LogP contribution in [-0.4, -0.2) is 53.0 Å². The number of carbonyl (C=O) groups is 3. The number of hydrogen-bond donors (Lipinski definition) is 1. The fraction of sp³-hybridized carbons (Fsp3) is 0.333. The Morgan fingerprint density at radius 1 is 1.29 bits per heavy atom. The molecule has 0 unspecified atom stereocenters. The van der Waals surface area contributed by atoms with Gasteiger partial charge in [0.25, 0.3) is 5.91 Å². The molecular formula is C18H20FN3O5S. The van der Waals surface area contributed by atoms with Crippen molar-refractivity contribution in [3.63, 3.8) is 0 Å². The number of nitrogens with zero attached hydrogens (tertiary/aromatic N) is 2. The van der Waals surface area contributed by atoms with Crippen molar-refractivity contribution in [1.29, 1.82) is 0 Å². The molecule has 0 aliphatic carbocycles. The Labute approximate surface area is 165 Å². The van der Waals surface area contributed by atoms with E-state index in [4.69, 9.17) is 9.26 Å². The van der Waals surface area contributed by atoms with Crippen molar-refractivity contribution in [2.75, 3.05) is 30.5 Å². The number of thioether (sulfide) groups is 1. The van der Waals surface area contributed by atoms with Crippen LogP contribution in [0.4, 0.5) is 10.2 Å². The van der Waals surface area contributed by atoms with Gasteiger partial charge in [0.1, 0.15) is 11.6 Å². The van der Waals surface area contributed by atoms with Crippen molar-refractivity contribution in [3.05, 3.63) is 47.5 Å². The maximum atomic E-state index is 13.2. The van der Waals surface area contributed by atoms with Gasteiger partial charge < -0.3 is 19.5 Å². The zero-order valence-corrected chi connectivity index (χ0v) is 16.3. The molecule has 0 atom stereocenters. The number of anilines is 1. The molecule has 2 aromatic rings. The average molecular weight is 409 g/mol. The summed E-state index contributed by atoms with van der Waals surface area (Å²) in [4.78, 5) is 36.7. The molecule has 1 aromatic carbocycles. The van der Waals surface area contributed by atoms with Gasteiger partial charge in [-0.25, -0.2) is 4.39 Å². The van der Waals surface area contributed by atoms with E-state index in [-0.39, 0.29) is 29.8 Å².